The highest BCUT2D eigenvalue weighted by Crippen LogP contribution is 2.22. The van der Waals surface area contributed by atoms with E-state index in [1.807, 2.05) is 22.6 Å². The van der Waals surface area contributed by atoms with Gasteiger partial charge in [0.15, 0.2) is 5.82 Å². The minimum atomic E-state index is -0.362. The van der Waals surface area contributed by atoms with Gasteiger partial charge in [0.1, 0.15) is 5.65 Å². The summed E-state index contributed by atoms with van der Waals surface area (Å²) in [6.07, 6.45) is 2.73. The van der Waals surface area contributed by atoms with Crippen molar-refractivity contribution in [1.82, 2.24) is 9.55 Å². The molecule has 14 heavy (non-hydrogen) atoms. The smallest absolute Gasteiger partial charge is 0.229 e. The third kappa shape index (κ3) is 1.31. The van der Waals surface area contributed by atoms with Gasteiger partial charge in [-0.2, -0.15) is 0 Å². The Hall–Kier alpha value is -0.980. The van der Waals surface area contributed by atoms with E-state index in [-0.39, 0.29) is 11.7 Å². The van der Waals surface area contributed by atoms with E-state index in [2.05, 4.69) is 4.98 Å². The van der Waals surface area contributed by atoms with E-state index in [0.717, 1.165) is 6.20 Å². The fourth-order valence-corrected chi connectivity index (χ4v) is 1.84. The maximum Gasteiger partial charge on any atom is 0.229 e. The van der Waals surface area contributed by atoms with Gasteiger partial charge >= 0.3 is 0 Å². The van der Waals surface area contributed by atoms with Crippen molar-refractivity contribution in [1.29, 1.82) is 0 Å². The van der Waals surface area contributed by atoms with Crippen LogP contribution < -0.4 is 0 Å². The first kappa shape index (κ1) is 9.57. The maximum atomic E-state index is 13.1. The van der Waals surface area contributed by atoms with E-state index in [0.29, 0.717) is 14.6 Å². The van der Waals surface area contributed by atoms with Crippen LogP contribution >= 0.6 is 22.6 Å². The van der Waals surface area contributed by atoms with Gasteiger partial charge in [-0.05, 0) is 28.7 Å². The van der Waals surface area contributed by atoms with E-state index < -0.39 is 0 Å². The second-order valence-corrected chi connectivity index (χ2v) is 3.94. The summed E-state index contributed by atoms with van der Waals surface area (Å²) in [5.41, 5.74) is 0.503. The van der Waals surface area contributed by atoms with Gasteiger partial charge in [0, 0.05) is 18.5 Å². The molecule has 0 radical (unpaired) electrons. The SMILES string of the molecule is CC(=O)n1ccc2c(I)c(F)cnc21. The summed E-state index contributed by atoms with van der Waals surface area (Å²) in [4.78, 5) is 15.0. The molecule has 0 atom stereocenters. The molecule has 2 aromatic rings. The van der Waals surface area contributed by atoms with E-state index in [1.54, 1.807) is 12.3 Å². The Morgan fingerprint density at radius 2 is 2.36 bits per heavy atom. The molecule has 0 N–H and O–H groups in total. The van der Waals surface area contributed by atoms with Gasteiger partial charge in [0.05, 0.1) is 9.77 Å². The van der Waals surface area contributed by atoms with E-state index >= 15 is 0 Å². The molecule has 0 spiro atoms. The van der Waals surface area contributed by atoms with Crippen LogP contribution in [0.1, 0.15) is 11.7 Å². The number of aromatic nitrogens is 2. The van der Waals surface area contributed by atoms with E-state index in [4.69, 9.17) is 0 Å². The molecular weight excluding hydrogens is 298 g/mol. The first-order valence-corrected chi connectivity index (χ1v) is 5.01. The van der Waals surface area contributed by atoms with Crippen molar-refractivity contribution in [3.8, 4) is 0 Å². The molecular formula is C9H6FIN2O. The number of hydrogen-bond donors (Lipinski definition) is 0. The van der Waals surface area contributed by atoms with Crippen LogP contribution in [0, 0.1) is 9.39 Å². The molecule has 2 rings (SSSR count). The van der Waals surface area contributed by atoms with Crippen molar-refractivity contribution in [3.63, 3.8) is 0 Å². The number of halogens is 2. The van der Waals surface area contributed by atoms with Gasteiger partial charge in [-0.3, -0.25) is 9.36 Å². The summed E-state index contributed by atoms with van der Waals surface area (Å²) >= 11 is 1.90. The molecule has 0 aromatic carbocycles. The summed E-state index contributed by atoms with van der Waals surface area (Å²) in [7, 11) is 0. The zero-order valence-corrected chi connectivity index (χ0v) is 9.45. The van der Waals surface area contributed by atoms with Crippen molar-refractivity contribution in [2.24, 2.45) is 0 Å². The lowest BCUT2D eigenvalue weighted by Crippen LogP contribution is -2.04. The van der Waals surface area contributed by atoms with Gasteiger partial charge in [-0.25, -0.2) is 9.37 Å². The normalized spacial score (nSPS) is 10.8. The Kier molecular flexibility index (Phi) is 2.26. The Morgan fingerprint density at radius 1 is 1.64 bits per heavy atom. The molecule has 0 unspecified atom stereocenters. The van der Waals surface area contributed by atoms with Gasteiger partial charge in [0.25, 0.3) is 0 Å². The van der Waals surface area contributed by atoms with Crippen LogP contribution in [0.5, 0.6) is 0 Å². The molecule has 0 bridgehead atoms. The lowest BCUT2D eigenvalue weighted by atomic mass is 10.3. The Bertz CT molecular complexity index is 521. The predicted octanol–water partition coefficient (Wildman–Crippen LogP) is 2.44. The lowest BCUT2D eigenvalue weighted by Gasteiger charge is -1.99. The molecule has 3 nitrogen and oxygen atoms in total. The molecule has 0 aliphatic heterocycles. The number of carbonyl (C=O) groups excluding carboxylic acids is 1. The lowest BCUT2D eigenvalue weighted by molar-refractivity contribution is 0.0941. The standard InChI is InChI=1S/C9H6FIN2O/c1-5(14)13-3-2-6-8(11)7(10)4-12-9(6)13/h2-4H,1H3. The van der Waals surface area contributed by atoms with Crippen LogP contribution in [0.25, 0.3) is 11.0 Å². The molecule has 2 aromatic heterocycles. The molecule has 2 heterocycles. The summed E-state index contributed by atoms with van der Waals surface area (Å²) in [5, 5.41) is 0.667. The molecule has 0 aliphatic carbocycles. The zero-order chi connectivity index (χ0) is 10.3. The quantitative estimate of drug-likeness (QED) is 0.701. The number of nitrogens with zero attached hydrogens (tertiary/aromatic N) is 2. The van der Waals surface area contributed by atoms with Crippen LogP contribution in [0.4, 0.5) is 4.39 Å². The number of carbonyl (C=O) groups is 1. The maximum absolute atomic E-state index is 13.1. The summed E-state index contributed by atoms with van der Waals surface area (Å²) in [6, 6.07) is 1.69. The van der Waals surface area contributed by atoms with E-state index in [9.17, 15) is 9.18 Å². The third-order valence-electron chi connectivity index (χ3n) is 1.94. The Balaban J connectivity index is 2.83. The van der Waals surface area contributed by atoms with Crippen molar-refractivity contribution in [2.45, 2.75) is 6.92 Å². The molecule has 0 aliphatic rings. The first-order chi connectivity index (χ1) is 6.61. The van der Waals surface area contributed by atoms with Crippen molar-refractivity contribution < 1.29 is 9.18 Å². The fourth-order valence-electron chi connectivity index (χ4n) is 1.28. The van der Waals surface area contributed by atoms with Crippen LogP contribution in [-0.2, 0) is 0 Å². The fraction of sp³-hybridized carbons (Fsp3) is 0.111. The van der Waals surface area contributed by atoms with Gasteiger partial charge in [-0.1, -0.05) is 0 Å². The highest BCUT2D eigenvalue weighted by Gasteiger charge is 2.11. The average molecular weight is 304 g/mol. The minimum Gasteiger partial charge on any atom is -0.274 e. The van der Waals surface area contributed by atoms with Crippen LogP contribution in [0.3, 0.4) is 0 Å². The highest BCUT2D eigenvalue weighted by atomic mass is 127. The highest BCUT2D eigenvalue weighted by molar-refractivity contribution is 14.1. The average Bonchev–Trinajstić information content (AvgIpc) is 2.55. The summed E-state index contributed by atoms with van der Waals surface area (Å²) < 4.78 is 15.0. The number of pyridine rings is 1. The van der Waals surface area contributed by atoms with Crippen LogP contribution in [0.15, 0.2) is 18.5 Å². The molecule has 72 valence electrons. The minimum absolute atomic E-state index is 0.130. The molecule has 0 saturated carbocycles. The van der Waals surface area contributed by atoms with E-state index in [1.165, 1.54) is 11.5 Å². The van der Waals surface area contributed by atoms with Gasteiger partial charge in [0.2, 0.25) is 5.91 Å². The molecule has 0 saturated heterocycles. The van der Waals surface area contributed by atoms with Gasteiger partial charge in [-0.15, -0.1) is 0 Å². The number of rotatable bonds is 0. The molecule has 0 fully saturated rings. The topological polar surface area (TPSA) is 34.9 Å². The second kappa shape index (κ2) is 3.30. The summed E-state index contributed by atoms with van der Waals surface area (Å²) in [5.74, 6) is -0.491. The van der Waals surface area contributed by atoms with Crippen LogP contribution in [-0.4, -0.2) is 15.5 Å². The Labute approximate surface area is 93.1 Å². The molecule has 0 amide bonds. The van der Waals surface area contributed by atoms with Crippen molar-refractivity contribution in [3.05, 3.63) is 27.8 Å². The zero-order valence-electron chi connectivity index (χ0n) is 7.29. The number of fused-ring (bicyclic) bond motifs is 1. The van der Waals surface area contributed by atoms with Crippen LogP contribution in [0.2, 0.25) is 0 Å². The molecule has 5 heteroatoms. The van der Waals surface area contributed by atoms with Crippen molar-refractivity contribution in [2.75, 3.05) is 0 Å². The Morgan fingerprint density at radius 3 is 3.00 bits per heavy atom. The predicted molar refractivity (Wildman–Crippen MR) is 58.7 cm³/mol. The third-order valence-corrected chi connectivity index (χ3v) is 3.04. The first-order valence-electron chi connectivity index (χ1n) is 3.93. The summed E-state index contributed by atoms with van der Waals surface area (Å²) in [6.45, 7) is 1.44. The van der Waals surface area contributed by atoms with Crippen molar-refractivity contribution >= 4 is 39.5 Å². The monoisotopic (exact) mass is 304 g/mol. The number of hydrogen-bond acceptors (Lipinski definition) is 2. The largest absolute Gasteiger partial charge is 0.274 e. The second-order valence-electron chi connectivity index (χ2n) is 2.86. The van der Waals surface area contributed by atoms with Gasteiger partial charge < -0.3 is 0 Å².